The maximum absolute atomic E-state index is 11.6. The first-order chi connectivity index (χ1) is 8.04. The molecule has 0 saturated carbocycles. The third kappa shape index (κ3) is 3.88. The van der Waals surface area contributed by atoms with Crippen molar-refractivity contribution >= 4 is 11.9 Å². The molecule has 1 aromatic carbocycles. The second kappa shape index (κ2) is 6.00. The Labute approximate surface area is 99.4 Å². The highest BCUT2D eigenvalue weighted by atomic mass is 16.5. The molecule has 0 aliphatic carbocycles. The molecule has 1 rings (SSSR count). The summed E-state index contributed by atoms with van der Waals surface area (Å²) in [5, 5.41) is 11.6. The number of rotatable bonds is 4. The highest BCUT2D eigenvalue weighted by molar-refractivity contribution is 5.96. The molecular formula is C12H15NO4. The van der Waals surface area contributed by atoms with E-state index in [4.69, 9.17) is 5.11 Å². The lowest BCUT2D eigenvalue weighted by molar-refractivity contribution is 0.0600. The summed E-state index contributed by atoms with van der Waals surface area (Å²) in [7, 11) is 1.30. The molecule has 92 valence electrons. The van der Waals surface area contributed by atoms with Gasteiger partial charge in [0.05, 0.1) is 18.8 Å². The fourth-order valence-corrected chi connectivity index (χ4v) is 1.22. The Bertz CT molecular complexity index is 397. The van der Waals surface area contributed by atoms with Crippen molar-refractivity contribution in [3.8, 4) is 0 Å². The normalized spacial score (nSPS) is 11.7. The molecule has 0 aromatic heterocycles. The van der Waals surface area contributed by atoms with Crippen molar-refractivity contribution < 1.29 is 19.4 Å². The molecule has 0 aliphatic rings. The van der Waals surface area contributed by atoms with Crippen LogP contribution in [0.15, 0.2) is 24.3 Å². The largest absolute Gasteiger partial charge is 0.465 e. The molecule has 1 unspecified atom stereocenters. The molecule has 0 saturated heterocycles. The van der Waals surface area contributed by atoms with Crippen LogP contribution in [0.5, 0.6) is 0 Å². The fourth-order valence-electron chi connectivity index (χ4n) is 1.22. The van der Waals surface area contributed by atoms with Gasteiger partial charge in [-0.2, -0.15) is 0 Å². The van der Waals surface area contributed by atoms with E-state index in [1.54, 1.807) is 6.92 Å². The van der Waals surface area contributed by atoms with Gasteiger partial charge in [-0.15, -0.1) is 0 Å². The number of carbonyl (C=O) groups is 2. The highest BCUT2D eigenvalue weighted by Gasteiger charge is 2.09. The van der Waals surface area contributed by atoms with Crippen molar-refractivity contribution in [1.82, 2.24) is 5.32 Å². The van der Waals surface area contributed by atoms with Gasteiger partial charge < -0.3 is 15.2 Å². The Balaban J connectivity index is 2.67. The third-order valence-electron chi connectivity index (χ3n) is 2.13. The number of aliphatic hydroxyl groups excluding tert-OH is 1. The van der Waals surface area contributed by atoms with E-state index in [0.29, 0.717) is 11.1 Å². The van der Waals surface area contributed by atoms with E-state index >= 15 is 0 Å². The van der Waals surface area contributed by atoms with Gasteiger partial charge in [0.1, 0.15) is 0 Å². The lowest BCUT2D eigenvalue weighted by Gasteiger charge is -2.07. The van der Waals surface area contributed by atoms with Crippen molar-refractivity contribution in [2.45, 2.75) is 13.0 Å². The standard InChI is InChI=1S/C12H15NO4/c1-8(14)7-13-11(15)9-3-5-10(6-4-9)12(16)17-2/h3-6,8,14H,7H2,1-2H3,(H,13,15). The van der Waals surface area contributed by atoms with E-state index in [2.05, 4.69) is 10.1 Å². The van der Waals surface area contributed by atoms with Gasteiger partial charge in [-0.25, -0.2) is 4.79 Å². The number of amides is 1. The summed E-state index contributed by atoms with van der Waals surface area (Å²) in [6, 6.07) is 6.10. The second-order valence-corrected chi connectivity index (χ2v) is 3.63. The van der Waals surface area contributed by atoms with Crippen LogP contribution < -0.4 is 5.32 Å². The first-order valence-corrected chi connectivity index (χ1v) is 5.19. The predicted molar refractivity (Wildman–Crippen MR) is 61.8 cm³/mol. The molecule has 17 heavy (non-hydrogen) atoms. The SMILES string of the molecule is COC(=O)c1ccc(C(=O)NCC(C)O)cc1. The summed E-state index contributed by atoms with van der Waals surface area (Å²) in [6.07, 6.45) is -0.590. The van der Waals surface area contributed by atoms with Gasteiger partial charge in [0.2, 0.25) is 0 Å². The average molecular weight is 237 g/mol. The van der Waals surface area contributed by atoms with Crippen LogP contribution in [0.25, 0.3) is 0 Å². The summed E-state index contributed by atoms with van der Waals surface area (Å²) in [5.74, 6) is -0.733. The van der Waals surface area contributed by atoms with Crippen LogP contribution in [0.3, 0.4) is 0 Å². The minimum absolute atomic E-state index is 0.192. The number of aliphatic hydroxyl groups is 1. The van der Waals surface area contributed by atoms with Crippen LogP contribution >= 0.6 is 0 Å². The topological polar surface area (TPSA) is 75.6 Å². The number of methoxy groups -OCH3 is 1. The number of hydrogen-bond acceptors (Lipinski definition) is 4. The van der Waals surface area contributed by atoms with Crippen LogP contribution in [0.4, 0.5) is 0 Å². The molecule has 0 radical (unpaired) electrons. The third-order valence-corrected chi connectivity index (χ3v) is 2.13. The summed E-state index contributed by atoms with van der Waals surface area (Å²) in [5.41, 5.74) is 0.817. The number of carbonyl (C=O) groups excluding carboxylic acids is 2. The molecule has 5 heteroatoms. The van der Waals surface area contributed by atoms with Crippen molar-refractivity contribution in [3.05, 3.63) is 35.4 Å². The van der Waals surface area contributed by atoms with Crippen LogP contribution in [-0.4, -0.2) is 36.7 Å². The van der Waals surface area contributed by atoms with E-state index in [9.17, 15) is 9.59 Å². The first-order valence-electron chi connectivity index (χ1n) is 5.19. The van der Waals surface area contributed by atoms with Crippen LogP contribution in [0.1, 0.15) is 27.6 Å². The molecule has 0 aliphatic heterocycles. The quantitative estimate of drug-likeness (QED) is 0.751. The molecule has 1 amide bonds. The Hall–Kier alpha value is -1.88. The van der Waals surface area contributed by atoms with Gasteiger partial charge in [0, 0.05) is 12.1 Å². The van der Waals surface area contributed by atoms with Gasteiger partial charge in [-0.3, -0.25) is 4.79 Å². The number of benzene rings is 1. The maximum atomic E-state index is 11.6. The zero-order chi connectivity index (χ0) is 12.8. The van der Waals surface area contributed by atoms with Gasteiger partial charge in [0.15, 0.2) is 0 Å². The lowest BCUT2D eigenvalue weighted by atomic mass is 10.1. The lowest BCUT2D eigenvalue weighted by Crippen LogP contribution is -2.30. The molecular weight excluding hydrogens is 222 g/mol. The number of nitrogens with one attached hydrogen (secondary N) is 1. The zero-order valence-electron chi connectivity index (χ0n) is 9.77. The smallest absolute Gasteiger partial charge is 0.337 e. The molecule has 5 nitrogen and oxygen atoms in total. The van der Waals surface area contributed by atoms with Crippen molar-refractivity contribution in [1.29, 1.82) is 0 Å². The molecule has 0 fully saturated rings. The first kappa shape index (κ1) is 13.2. The maximum Gasteiger partial charge on any atom is 0.337 e. The second-order valence-electron chi connectivity index (χ2n) is 3.63. The molecule has 0 bridgehead atoms. The summed E-state index contributed by atoms with van der Waals surface area (Å²) >= 11 is 0. The fraction of sp³-hybridized carbons (Fsp3) is 0.333. The Morgan fingerprint density at radius 2 is 1.82 bits per heavy atom. The molecule has 0 heterocycles. The van der Waals surface area contributed by atoms with E-state index in [1.807, 2.05) is 0 Å². The highest BCUT2D eigenvalue weighted by Crippen LogP contribution is 2.05. The van der Waals surface area contributed by atoms with Crippen LogP contribution in [0, 0.1) is 0 Å². The number of esters is 1. The van der Waals surface area contributed by atoms with Crippen molar-refractivity contribution in [3.63, 3.8) is 0 Å². The summed E-state index contributed by atoms with van der Waals surface area (Å²) in [6.45, 7) is 1.78. The van der Waals surface area contributed by atoms with E-state index in [0.717, 1.165) is 0 Å². The average Bonchev–Trinajstić information content (AvgIpc) is 2.35. The number of ether oxygens (including phenoxy) is 1. The summed E-state index contributed by atoms with van der Waals surface area (Å²) in [4.78, 5) is 22.7. The molecule has 2 N–H and O–H groups in total. The predicted octanol–water partition coefficient (Wildman–Crippen LogP) is 0.584. The van der Waals surface area contributed by atoms with Gasteiger partial charge in [-0.05, 0) is 31.2 Å². The number of hydrogen-bond donors (Lipinski definition) is 2. The minimum Gasteiger partial charge on any atom is -0.465 e. The van der Waals surface area contributed by atoms with E-state index in [-0.39, 0.29) is 12.5 Å². The van der Waals surface area contributed by atoms with Crippen molar-refractivity contribution in [2.75, 3.05) is 13.7 Å². The van der Waals surface area contributed by atoms with Crippen LogP contribution in [-0.2, 0) is 4.74 Å². The van der Waals surface area contributed by atoms with Gasteiger partial charge in [0.25, 0.3) is 5.91 Å². The minimum atomic E-state index is -0.590. The van der Waals surface area contributed by atoms with E-state index in [1.165, 1.54) is 31.4 Å². The molecule has 0 spiro atoms. The zero-order valence-corrected chi connectivity index (χ0v) is 9.77. The summed E-state index contributed by atoms with van der Waals surface area (Å²) < 4.78 is 4.54. The van der Waals surface area contributed by atoms with Crippen molar-refractivity contribution in [2.24, 2.45) is 0 Å². The van der Waals surface area contributed by atoms with Gasteiger partial charge in [-0.1, -0.05) is 0 Å². The molecule has 1 atom stereocenters. The molecule has 1 aromatic rings. The Kier molecular flexibility index (Phi) is 4.66. The Morgan fingerprint density at radius 1 is 1.29 bits per heavy atom. The monoisotopic (exact) mass is 237 g/mol. The van der Waals surface area contributed by atoms with Gasteiger partial charge >= 0.3 is 5.97 Å². The Morgan fingerprint density at radius 3 is 2.29 bits per heavy atom. The van der Waals surface area contributed by atoms with Crippen LogP contribution in [0.2, 0.25) is 0 Å². The van der Waals surface area contributed by atoms with E-state index < -0.39 is 12.1 Å².